The minimum atomic E-state index is -4.29. The van der Waals surface area contributed by atoms with Crippen LogP contribution in [0.2, 0.25) is 0 Å². The van der Waals surface area contributed by atoms with E-state index in [1.807, 2.05) is 11.0 Å². The molecule has 8 heteroatoms. The molecule has 2 heterocycles. The van der Waals surface area contributed by atoms with Crippen molar-refractivity contribution < 1.29 is 13.2 Å². The van der Waals surface area contributed by atoms with Gasteiger partial charge in [-0.1, -0.05) is 6.07 Å². The molecule has 1 aromatic heterocycles. The van der Waals surface area contributed by atoms with Gasteiger partial charge in [0.25, 0.3) is 0 Å². The first-order chi connectivity index (χ1) is 12.5. The Bertz CT molecular complexity index is 664. The third-order valence-corrected chi connectivity index (χ3v) is 4.61. The van der Waals surface area contributed by atoms with Gasteiger partial charge in [-0.15, -0.1) is 0 Å². The largest absolute Gasteiger partial charge is 0.416 e. The summed E-state index contributed by atoms with van der Waals surface area (Å²) in [6, 6.07) is 7.55. The molecule has 0 unspecified atom stereocenters. The van der Waals surface area contributed by atoms with Crippen molar-refractivity contribution in [2.24, 2.45) is 0 Å². The predicted molar refractivity (Wildman–Crippen MR) is 95.0 cm³/mol. The van der Waals surface area contributed by atoms with Crippen LogP contribution < -0.4 is 10.2 Å². The van der Waals surface area contributed by atoms with Gasteiger partial charge in [-0.2, -0.15) is 18.3 Å². The SMILES string of the molecule is FC(F)(F)c1cccc(N2CCN(CCCNCc3ccn[nH]3)CC2)c1. The van der Waals surface area contributed by atoms with Gasteiger partial charge in [-0.25, -0.2) is 0 Å². The molecule has 1 aromatic carbocycles. The van der Waals surface area contributed by atoms with E-state index in [9.17, 15) is 13.2 Å². The van der Waals surface area contributed by atoms with Gasteiger partial charge in [-0.3, -0.25) is 10.00 Å². The zero-order chi connectivity index (χ0) is 18.4. The summed E-state index contributed by atoms with van der Waals surface area (Å²) in [5, 5.41) is 10.2. The van der Waals surface area contributed by atoms with Crippen LogP contribution >= 0.6 is 0 Å². The Hall–Kier alpha value is -2.06. The molecule has 1 fully saturated rings. The zero-order valence-electron chi connectivity index (χ0n) is 14.6. The lowest BCUT2D eigenvalue weighted by Crippen LogP contribution is -2.47. The lowest BCUT2D eigenvalue weighted by atomic mass is 10.1. The van der Waals surface area contributed by atoms with E-state index in [1.165, 1.54) is 12.1 Å². The summed E-state index contributed by atoms with van der Waals surface area (Å²) in [6.07, 6.45) is -1.51. The fourth-order valence-electron chi connectivity index (χ4n) is 3.14. The molecule has 26 heavy (non-hydrogen) atoms. The number of hydrogen-bond donors (Lipinski definition) is 2. The number of anilines is 1. The van der Waals surface area contributed by atoms with Crippen LogP contribution in [0.25, 0.3) is 0 Å². The van der Waals surface area contributed by atoms with Crippen LogP contribution in [0.3, 0.4) is 0 Å². The average molecular weight is 367 g/mol. The van der Waals surface area contributed by atoms with E-state index in [4.69, 9.17) is 0 Å². The standard InChI is InChI=1S/C18H24F3N5/c19-18(20,21)15-3-1-4-17(13-15)26-11-9-25(10-12-26)8-2-6-22-14-16-5-7-23-24-16/h1,3-5,7,13,22H,2,6,8-12,14H2,(H,23,24). The molecule has 0 bridgehead atoms. The van der Waals surface area contributed by atoms with E-state index in [-0.39, 0.29) is 0 Å². The summed E-state index contributed by atoms with van der Waals surface area (Å²) in [5.41, 5.74) is 1.14. The molecule has 0 saturated carbocycles. The van der Waals surface area contributed by atoms with Crippen molar-refractivity contribution in [2.75, 3.05) is 44.2 Å². The molecule has 0 atom stereocenters. The normalized spacial score (nSPS) is 16.2. The Morgan fingerprint density at radius 2 is 1.92 bits per heavy atom. The highest BCUT2D eigenvalue weighted by molar-refractivity contribution is 5.49. The molecule has 5 nitrogen and oxygen atoms in total. The molecule has 2 N–H and O–H groups in total. The lowest BCUT2D eigenvalue weighted by Gasteiger charge is -2.36. The van der Waals surface area contributed by atoms with Crippen molar-refractivity contribution in [3.63, 3.8) is 0 Å². The summed E-state index contributed by atoms with van der Waals surface area (Å²) in [4.78, 5) is 4.39. The first kappa shape index (κ1) is 18.7. The summed E-state index contributed by atoms with van der Waals surface area (Å²) < 4.78 is 38.6. The number of piperazine rings is 1. The highest BCUT2D eigenvalue weighted by atomic mass is 19.4. The molecule has 3 rings (SSSR count). The second-order valence-electron chi connectivity index (χ2n) is 6.49. The van der Waals surface area contributed by atoms with E-state index in [2.05, 4.69) is 20.4 Å². The fourth-order valence-corrected chi connectivity index (χ4v) is 3.14. The van der Waals surface area contributed by atoms with Gasteiger partial charge in [-0.05, 0) is 43.8 Å². The molecule has 1 aliphatic rings. The topological polar surface area (TPSA) is 47.2 Å². The highest BCUT2D eigenvalue weighted by Crippen LogP contribution is 2.31. The summed E-state index contributed by atoms with van der Waals surface area (Å²) in [7, 11) is 0. The second-order valence-corrected chi connectivity index (χ2v) is 6.49. The molecular weight excluding hydrogens is 343 g/mol. The van der Waals surface area contributed by atoms with E-state index in [0.29, 0.717) is 5.69 Å². The maximum absolute atomic E-state index is 12.9. The van der Waals surface area contributed by atoms with Crippen LogP contribution in [0.5, 0.6) is 0 Å². The molecule has 0 radical (unpaired) electrons. The molecule has 1 saturated heterocycles. The third-order valence-electron chi connectivity index (χ3n) is 4.61. The number of aromatic amines is 1. The van der Waals surface area contributed by atoms with E-state index in [1.54, 1.807) is 12.3 Å². The minimum absolute atomic E-state index is 0.583. The van der Waals surface area contributed by atoms with Crippen LogP contribution in [-0.2, 0) is 12.7 Å². The van der Waals surface area contributed by atoms with Crippen LogP contribution in [-0.4, -0.2) is 54.4 Å². The van der Waals surface area contributed by atoms with Gasteiger partial charge in [0.15, 0.2) is 0 Å². The Kier molecular flexibility index (Phi) is 6.16. The number of nitrogens with one attached hydrogen (secondary N) is 2. The number of nitrogens with zero attached hydrogens (tertiary/aromatic N) is 3. The van der Waals surface area contributed by atoms with Gasteiger partial charge < -0.3 is 10.2 Å². The van der Waals surface area contributed by atoms with Crippen molar-refractivity contribution in [1.82, 2.24) is 20.4 Å². The average Bonchev–Trinajstić information content (AvgIpc) is 3.15. The predicted octanol–water partition coefficient (Wildman–Crippen LogP) is 2.73. The summed E-state index contributed by atoms with van der Waals surface area (Å²) in [6.45, 7) is 5.95. The maximum Gasteiger partial charge on any atom is 0.416 e. The zero-order valence-corrected chi connectivity index (χ0v) is 14.6. The fraction of sp³-hybridized carbons (Fsp3) is 0.500. The highest BCUT2D eigenvalue weighted by Gasteiger charge is 2.31. The Morgan fingerprint density at radius 1 is 1.12 bits per heavy atom. The van der Waals surface area contributed by atoms with Crippen molar-refractivity contribution in [1.29, 1.82) is 0 Å². The minimum Gasteiger partial charge on any atom is -0.369 e. The first-order valence-corrected chi connectivity index (χ1v) is 8.86. The van der Waals surface area contributed by atoms with Crippen molar-refractivity contribution in [2.45, 2.75) is 19.1 Å². The Morgan fingerprint density at radius 3 is 2.62 bits per heavy atom. The quantitative estimate of drug-likeness (QED) is 0.739. The number of H-pyrrole nitrogens is 1. The van der Waals surface area contributed by atoms with Crippen molar-refractivity contribution in [3.05, 3.63) is 47.8 Å². The van der Waals surface area contributed by atoms with Crippen LogP contribution in [0.15, 0.2) is 36.5 Å². The van der Waals surface area contributed by atoms with Gasteiger partial charge in [0.05, 0.1) is 5.56 Å². The number of benzene rings is 1. The molecule has 0 aliphatic carbocycles. The number of hydrogen-bond acceptors (Lipinski definition) is 4. The maximum atomic E-state index is 12.9. The summed E-state index contributed by atoms with van der Waals surface area (Å²) in [5.74, 6) is 0. The molecule has 2 aromatic rings. The monoisotopic (exact) mass is 367 g/mol. The van der Waals surface area contributed by atoms with Crippen molar-refractivity contribution in [3.8, 4) is 0 Å². The number of halogens is 3. The molecule has 0 amide bonds. The Labute approximate surface area is 151 Å². The molecule has 1 aliphatic heterocycles. The smallest absolute Gasteiger partial charge is 0.369 e. The van der Waals surface area contributed by atoms with E-state index in [0.717, 1.165) is 64.0 Å². The summed E-state index contributed by atoms with van der Waals surface area (Å²) >= 11 is 0. The van der Waals surface area contributed by atoms with E-state index >= 15 is 0 Å². The Balaban J connectivity index is 1.37. The number of rotatable bonds is 7. The first-order valence-electron chi connectivity index (χ1n) is 8.86. The van der Waals surface area contributed by atoms with E-state index < -0.39 is 11.7 Å². The van der Waals surface area contributed by atoms with Crippen LogP contribution in [0.1, 0.15) is 17.7 Å². The van der Waals surface area contributed by atoms with Gasteiger partial charge in [0.1, 0.15) is 0 Å². The van der Waals surface area contributed by atoms with Crippen LogP contribution in [0.4, 0.5) is 18.9 Å². The third kappa shape index (κ3) is 5.22. The molecule has 142 valence electrons. The van der Waals surface area contributed by atoms with Crippen molar-refractivity contribution >= 4 is 5.69 Å². The molecular formula is C18H24F3N5. The van der Waals surface area contributed by atoms with Gasteiger partial charge >= 0.3 is 6.18 Å². The van der Waals surface area contributed by atoms with Crippen LogP contribution in [0, 0.1) is 0 Å². The van der Waals surface area contributed by atoms with Gasteiger partial charge in [0, 0.05) is 50.3 Å². The number of aromatic nitrogens is 2. The number of alkyl halides is 3. The molecule has 0 spiro atoms. The second kappa shape index (κ2) is 8.55. The van der Waals surface area contributed by atoms with Gasteiger partial charge in [0.2, 0.25) is 0 Å². The lowest BCUT2D eigenvalue weighted by molar-refractivity contribution is -0.137.